The predicted molar refractivity (Wildman–Crippen MR) is 82.2 cm³/mol. The van der Waals surface area contributed by atoms with Crippen molar-refractivity contribution in [2.75, 3.05) is 6.54 Å². The van der Waals surface area contributed by atoms with Crippen LogP contribution in [0.2, 0.25) is 0 Å². The molecule has 3 rings (SSSR count). The van der Waals surface area contributed by atoms with Gasteiger partial charge in [0.15, 0.2) is 0 Å². The lowest BCUT2D eigenvalue weighted by Gasteiger charge is -2.21. The Morgan fingerprint density at radius 1 is 1.20 bits per heavy atom. The average molecular weight is 271 g/mol. The van der Waals surface area contributed by atoms with Crippen molar-refractivity contribution in [3.05, 3.63) is 47.8 Å². The molecule has 20 heavy (non-hydrogen) atoms. The first-order chi connectivity index (χ1) is 9.72. The van der Waals surface area contributed by atoms with Gasteiger partial charge in [0.25, 0.3) is 0 Å². The quantitative estimate of drug-likeness (QED) is 0.833. The zero-order valence-electron chi connectivity index (χ0n) is 12.2. The third-order valence-corrected chi connectivity index (χ3v) is 4.45. The van der Waals surface area contributed by atoms with Gasteiger partial charge in [-0.25, -0.2) is 4.39 Å². The lowest BCUT2D eigenvalue weighted by molar-refractivity contribution is 0.465. The Morgan fingerprint density at radius 3 is 2.55 bits per heavy atom. The van der Waals surface area contributed by atoms with Crippen molar-refractivity contribution in [3.8, 4) is 0 Å². The summed E-state index contributed by atoms with van der Waals surface area (Å²) in [6, 6.07) is 11.8. The highest BCUT2D eigenvalue weighted by Gasteiger charge is 2.40. The molecule has 0 spiro atoms. The molecule has 1 fully saturated rings. The maximum Gasteiger partial charge on any atom is 0.131 e. The summed E-state index contributed by atoms with van der Waals surface area (Å²) >= 11 is 0. The minimum absolute atomic E-state index is 0.123. The van der Waals surface area contributed by atoms with Crippen LogP contribution in [0.3, 0.4) is 0 Å². The first kappa shape index (κ1) is 13.6. The van der Waals surface area contributed by atoms with Crippen molar-refractivity contribution in [3.63, 3.8) is 0 Å². The Bertz CT molecular complexity index is 607. The first-order valence-electron chi connectivity index (χ1n) is 7.63. The Kier molecular flexibility index (Phi) is 3.75. The summed E-state index contributed by atoms with van der Waals surface area (Å²) in [6.07, 6.45) is 2.39. The Hall–Kier alpha value is -1.41. The fourth-order valence-electron chi connectivity index (χ4n) is 3.16. The lowest BCUT2D eigenvalue weighted by atomic mass is 9.94. The molecule has 1 N–H and O–H groups in total. The number of hydrogen-bond donors (Lipinski definition) is 1. The number of benzene rings is 2. The molecule has 1 aliphatic carbocycles. The predicted octanol–water partition coefficient (Wildman–Crippen LogP) is 4.68. The lowest BCUT2D eigenvalue weighted by Crippen LogP contribution is -2.24. The van der Waals surface area contributed by atoms with E-state index in [4.69, 9.17) is 0 Å². The zero-order chi connectivity index (χ0) is 14.1. The fourth-order valence-corrected chi connectivity index (χ4v) is 3.16. The molecule has 0 saturated heterocycles. The highest BCUT2D eigenvalue weighted by molar-refractivity contribution is 5.86. The van der Waals surface area contributed by atoms with Gasteiger partial charge in [0, 0.05) is 11.4 Å². The van der Waals surface area contributed by atoms with E-state index in [1.807, 2.05) is 30.3 Å². The van der Waals surface area contributed by atoms with Crippen LogP contribution in [0.25, 0.3) is 10.8 Å². The van der Waals surface area contributed by atoms with Crippen LogP contribution in [0, 0.1) is 17.7 Å². The van der Waals surface area contributed by atoms with E-state index in [-0.39, 0.29) is 5.82 Å². The minimum Gasteiger partial charge on any atom is -0.310 e. The van der Waals surface area contributed by atoms with Crippen molar-refractivity contribution in [1.82, 2.24) is 5.32 Å². The van der Waals surface area contributed by atoms with Gasteiger partial charge in [-0.1, -0.05) is 44.2 Å². The van der Waals surface area contributed by atoms with Crippen LogP contribution in [-0.4, -0.2) is 6.54 Å². The second-order valence-corrected chi connectivity index (χ2v) is 5.99. The number of rotatable bonds is 5. The fraction of sp³-hybridized carbons (Fsp3) is 0.444. The van der Waals surface area contributed by atoms with Gasteiger partial charge >= 0.3 is 0 Å². The van der Waals surface area contributed by atoms with Gasteiger partial charge in [-0.3, -0.25) is 0 Å². The molecule has 2 aromatic carbocycles. The molecule has 0 bridgehead atoms. The average Bonchev–Trinajstić information content (AvgIpc) is 3.18. The number of hydrogen-bond acceptors (Lipinski definition) is 1. The summed E-state index contributed by atoms with van der Waals surface area (Å²) in [5.41, 5.74) is 1.25. The highest BCUT2D eigenvalue weighted by atomic mass is 19.1. The third-order valence-electron chi connectivity index (χ3n) is 4.45. The van der Waals surface area contributed by atoms with Gasteiger partial charge in [0.05, 0.1) is 0 Å². The van der Waals surface area contributed by atoms with Gasteiger partial charge in [-0.2, -0.15) is 0 Å². The second kappa shape index (κ2) is 5.53. The highest BCUT2D eigenvalue weighted by Crippen LogP contribution is 2.48. The standard InChI is InChI=1S/C18H22FN/c1-3-10-20-18(16-11-12(16)2)15-8-9-17(19)14-7-5-4-6-13(14)15/h4-9,12,16,18,20H,3,10-11H2,1-2H3. The van der Waals surface area contributed by atoms with Crippen LogP contribution in [0.4, 0.5) is 4.39 Å². The molecule has 106 valence electrons. The Balaban J connectivity index is 2.04. The normalized spacial score (nSPS) is 22.9. The Morgan fingerprint density at radius 2 is 1.90 bits per heavy atom. The van der Waals surface area contributed by atoms with E-state index in [1.54, 1.807) is 6.07 Å². The van der Waals surface area contributed by atoms with E-state index < -0.39 is 0 Å². The van der Waals surface area contributed by atoms with Crippen LogP contribution in [-0.2, 0) is 0 Å². The van der Waals surface area contributed by atoms with Gasteiger partial charge < -0.3 is 5.32 Å². The molecule has 1 aliphatic rings. The van der Waals surface area contributed by atoms with E-state index in [9.17, 15) is 4.39 Å². The monoisotopic (exact) mass is 271 g/mol. The third kappa shape index (κ3) is 2.45. The molecular formula is C18H22FN. The number of halogens is 1. The molecule has 0 aliphatic heterocycles. The molecule has 1 nitrogen and oxygen atoms in total. The largest absolute Gasteiger partial charge is 0.310 e. The number of fused-ring (bicyclic) bond motifs is 1. The maximum atomic E-state index is 14.0. The summed E-state index contributed by atoms with van der Waals surface area (Å²) in [4.78, 5) is 0. The summed E-state index contributed by atoms with van der Waals surface area (Å²) in [7, 11) is 0. The van der Waals surface area contributed by atoms with E-state index >= 15 is 0 Å². The summed E-state index contributed by atoms with van der Waals surface area (Å²) in [5, 5.41) is 5.46. The summed E-state index contributed by atoms with van der Waals surface area (Å²) < 4.78 is 14.0. The van der Waals surface area contributed by atoms with Crippen molar-refractivity contribution in [2.24, 2.45) is 11.8 Å². The molecule has 1 saturated carbocycles. The maximum absolute atomic E-state index is 14.0. The van der Waals surface area contributed by atoms with Crippen molar-refractivity contribution >= 4 is 10.8 Å². The zero-order valence-corrected chi connectivity index (χ0v) is 12.2. The molecule has 2 heteroatoms. The van der Waals surface area contributed by atoms with Crippen LogP contribution < -0.4 is 5.32 Å². The van der Waals surface area contributed by atoms with Crippen LogP contribution >= 0.6 is 0 Å². The SMILES string of the molecule is CCCNC(c1ccc(F)c2ccccc12)C1CC1C. The second-order valence-electron chi connectivity index (χ2n) is 5.99. The smallest absolute Gasteiger partial charge is 0.131 e. The van der Waals surface area contributed by atoms with E-state index in [1.165, 1.54) is 12.0 Å². The molecule has 2 aromatic rings. The van der Waals surface area contributed by atoms with E-state index in [2.05, 4.69) is 19.2 Å². The molecule has 0 aromatic heterocycles. The van der Waals surface area contributed by atoms with Gasteiger partial charge in [-0.15, -0.1) is 0 Å². The van der Waals surface area contributed by atoms with Crippen molar-refractivity contribution in [2.45, 2.75) is 32.7 Å². The topological polar surface area (TPSA) is 12.0 Å². The molecule has 0 heterocycles. The van der Waals surface area contributed by atoms with E-state index in [0.717, 1.165) is 29.7 Å². The van der Waals surface area contributed by atoms with Gasteiger partial charge in [0.1, 0.15) is 5.82 Å². The minimum atomic E-state index is -0.123. The summed E-state index contributed by atoms with van der Waals surface area (Å²) in [5.74, 6) is 1.34. The first-order valence-corrected chi connectivity index (χ1v) is 7.63. The van der Waals surface area contributed by atoms with Crippen molar-refractivity contribution in [1.29, 1.82) is 0 Å². The molecule has 0 radical (unpaired) electrons. The van der Waals surface area contributed by atoms with Gasteiger partial charge in [-0.05, 0) is 48.2 Å². The van der Waals surface area contributed by atoms with Crippen LogP contribution in [0.1, 0.15) is 38.3 Å². The molecular weight excluding hydrogens is 249 g/mol. The summed E-state index contributed by atoms with van der Waals surface area (Å²) in [6.45, 7) is 5.50. The molecule has 0 amide bonds. The van der Waals surface area contributed by atoms with Crippen molar-refractivity contribution < 1.29 is 4.39 Å². The Labute approximate surface area is 120 Å². The molecule has 3 atom stereocenters. The molecule has 3 unspecified atom stereocenters. The number of nitrogens with one attached hydrogen (secondary N) is 1. The van der Waals surface area contributed by atoms with E-state index in [0.29, 0.717) is 12.0 Å². The van der Waals surface area contributed by atoms with Crippen LogP contribution in [0.5, 0.6) is 0 Å². The van der Waals surface area contributed by atoms with Crippen LogP contribution in [0.15, 0.2) is 36.4 Å². The van der Waals surface area contributed by atoms with Gasteiger partial charge in [0.2, 0.25) is 0 Å².